The minimum atomic E-state index is -0.733. The zero-order valence-electron chi connectivity index (χ0n) is 15.9. The third kappa shape index (κ3) is 6.79. The Bertz CT molecular complexity index is 892. The normalized spacial score (nSPS) is 10.3. The third-order valence-electron chi connectivity index (χ3n) is 4.02. The van der Waals surface area contributed by atoms with Gasteiger partial charge in [0.05, 0.1) is 22.8 Å². The molecule has 0 aliphatic heterocycles. The van der Waals surface area contributed by atoms with Gasteiger partial charge >= 0.3 is 0 Å². The van der Waals surface area contributed by atoms with E-state index in [0.717, 1.165) is 43.9 Å². The summed E-state index contributed by atoms with van der Waals surface area (Å²) in [6, 6.07) is 9.71. The summed E-state index contributed by atoms with van der Waals surface area (Å²) < 4.78 is 19.6. The highest BCUT2D eigenvalue weighted by Crippen LogP contribution is 2.22. The molecule has 2 rings (SSSR count). The fourth-order valence-corrected chi connectivity index (χ4v) is 2.74. The number of nitrogens with one attached hydrogen (secondary N) is 2. The van der Waals surface area contributed by atoms with E-state index in [1.54, 1.807) is 24.3 Å². The van der Waals surface area contributed by atoms with Crippen molar-refractivity contribution in [1.29, 1.82) is 0 Å². The van der Waals surface area contributed by atoms with E-state index in [2.05, 4.69) is 17.6 Å². The maximum absolute atomic E-state index is 13.9. The van der Waals surface area contributed by atoms with Crippen molar-refractivity contribution < 1.29 is 18.8 Å². The third-order valence-corrected chi connectivity index (χ3v) is 4.23. The predicted molar refractivity (Wildman–Crippen MR) is 113 cm³/mol. The maximum Gasteiger partial charge on any atom is 0.271 e. The second kappa shape index (κ2) is 11.1. The van der Waals surface area contributed by atoms with Gasteiger partial charge in [-0.2, -0.15) is 0 Å². The molecule has 2 aromatic carbocycles. The molecule has 2 aromatic rings. The predicted octanol–water partition coefficient (Wildman–Crippen LogP) is 4.82. The van der Waals surface area contributed by atoms with Crippen LogP contribution in [0.1, 0.15) is 43.0 Å². The Labute approximate surface area is 173 Å². The Morgan fingerprint density at radius 1 is 1.21 bits per heavy atom. The number of nitro groups is 1. The van der Waals surface area contributed by atoms with Gasteiger partial charge in [-0.15, -0.1) is 0 Å². The number of anilines is 1. The average molecular weight is 419 g/mol. The van der Waals surface area contributed by atoms with Crippen LogP contribution in [0, 0.1) is 15.9 Å². The number of non-ortho nitro benzene ring substituents is 1. The lowest BCUT2D eigenvalue weighted by Crippen LogP contribution is -2.34. The summed E-state index contributed by atoms with van der Waals surface area (Å²) in [6.07, 6.45) is 4.18. The average Bonchev–Trinajstić information content (AvgIpc) is 2.69. The molecule has 29 heavy (non-hydrogen) atoms. The van der Waals surface area contributed by atoms with Crippen molar-refractivity contribution in [1.82, 2.24) is 5.32 Å². The monoisotopic (exact) mass is 419 g/mol. The van der Waals surface area contributed by atoms with E-state index >= 15 is 0 Å². The maximum atomic E-state index is 13.9. The van der Waals surface area contributed by atoms with Gasteiger partial charge in [0.1, 0.15) is 11.6 Å². The number of unbranched alkanes of at least 4 members (excludes halogenated alkanes) is 3. The lowest BCUT2D eigenvalue weighted by Gasteiger charge is -2.13. The number of amides is 1. The Morgan fingerprint density at radius 2 is 1.97 bits per heavy atom. The summed E-state index contributed by atoms with van der Waals surface area (Å²) in [5.74, 6) is -0.841. The van der Waals surface area contributed by atoms with Crippen LogP contribution in [0.25, 0.3) is 0 Å². The van der Waals surface area contributed by atoms with Crippen LogP contribution in [0.15, 0.2) is 42.5 Å². The van der Waals surface area contributed by atoms with E-state index in [-0.39, 0.29) is 22.1 Å². The first-order chi connectivity index (χ1) is 13.9. The van der Waals surface area contributed by atoms with Crippen molar-refractivity contribution in [2.24, 2.45) is 0 Å². The molecule has 7 nitrogen and oxygen atoms in total. The van der Waals surface area contributed by atoms with Gasteiger partial charge in [-0.3, -0.25) is 20.2 Å². The Balaban J connectivity index is 2.00. The molecule has 0 bridgehead atoms. The summed E-state index contributed by atoms with van der Waals surface area (Å²) in [5, 5.41) is 15.6. The molecule has 0 fully saturated rings. The van der Waals surface area contributed by atoms with Gasteiger partial charge in [0.25, 0.3) is 11.6 Å². The topological polar surface area (TPSA) is 93.5 Å². The van der Waals surface area contributed by atoms with Gasteiger partial charge in [0.2, 0.25) is 0 Å². The highest BCUT2D eigenvalue weighted by atomic mass is 32.1. The zero-order valence-corrected chi connectivity index (χ0v) is 16.8. The molecule has 154 valence electrons. The summed E-state index contributed by atoms with van der Waals surface area (Å²) >= 11 is 5.04. The van der Waals surface area contributed by atoms with E-state index in [9.17, 15) is 19.3 Å². The molecule has 0 aliphatic rings. The highest BCUT2D eigenvalue weighted by Gasteiger charge is 2.16. The van der Waals surface area contributed by atoms with E-state index < -0.39 is 16.6 Å². The number of halogens is 1. The molecule has 0 radical (unpaired) electrons. The van der Waals surface area contributed by atoms with Crippen molar-refractivity contribution in [3.05, 3.63) is 64.0 Å². The first-order valence-electron chi connectivity index (χ1n) is 9.20. The molecule has 9 heteroatoms. The smallest absolute Gasteiger partial charge is 0.271 e. The first-order valence-corrected chi connectivity index (χ1v) is 9.61. The molecule has 0 saturated carbocycles. The van der Waals surface area contributed by atoms with Crippen molar-refractivity contribution in [3.8, 4) is 5.75 Å². The number of carbonyl (C=O) groups is 1. The van der Waals surface area contributed by atoms with E-state index in [1.165, 1.54) is 0 Å². The SMILES string of the molecule is CCCCCCOc1ccccc1C(=O)NC(=S)Nc1cc([N+](=O)[O-])ccc1F. The van der Waals surface area contributed by atoms with Gasteiger partial charge in [0.15, 0.2) is 5.11 Å². The minimum Gasteiger partial charge on any atom is -0.493 e. The van der Waals surface area contributed by atoms with Crippen molar-refractivity contribution in [3.63, 3.8) is 0 Å². The summed E-state index contributed by atoms with van der Waals surface area (Å²) in [5.41, 5.74) is -0.221. The number of nitro benzene ring substituents is 1. The molecule has 0 saturated heterocycles. The van der Waals surface area contributed by atoms with Gasteiger partial charge in [-0.05, 0) is 36.8 Å². The molecule has 0 aromatic heterocycles. The molecule has 0 heterocycles. The fraction of sp³-hybridized carbons (Fsp3) is 0.300. The van der Waals surface area contributed by atoms with Crippen LogP contribution in [0.4, 0.5) is 15.8 Å². The number of hydrogen-bond donors (Lipinski definition) is 2. The second-order valence-corrected chi connectivity index (χ2v) is 6.64. The van der Waals surface area contributed by atoms with E-state index in [0.29, 0.717) is 12.4 Å². The van der Waals surface area contributed by atoms with Gasteiger partial charge in [-0.1, -0.05) is 38.3 Å². The van der Waals surface area contributed by atoms with Crippen LogP contribution in [-0.2, 0) is 0 Å². The number of carbonyl (C=O) groups excluding carboxylic acids is 1. The quantitative estimate of drug-likeness (QED) is 0.262. The summed E-state index contributed by atoms with van der Waals surface area (Å²) in [4.78, 5) is 22.7. The number of benzene rings is 2. The molecular formula is C20H22FN3O4S. The van der Waals surface area contributed by atoms with E-state index in [4.69, 9.17) is 17.0 Å². The fourth-order valence-electron chi connectivity index (χ4n) is 2.54. The van der Waals surface area contributed by atoms with Crippen LogP contribution >= 0.6 is 12.2 Å². The minimum absolute atomic E-state index is 0.188. The number of thiocarbonyl (C=S) groups is 1. The van der Waals surface area contributed by atoms with Crippen LogP contribution in [0.2, 0.25) is 0 Å². The van der Waals surface area contributed by atoms with Gasteiger partial charge in [-0.25, -0.2) is 4.39 Å². The van der Waals surface area contributed by atoms with E-state index in [1.807, 2.05) is 0 Å². The number of ether oxygens (including phenoxy) is 1. The first kappa shape index (κ1) is 22.2. The summed E-state index contributed by atoms with van der Waals surface area (Å²) in [7, 11) is 0. The number of hydrogen-bond acceptors (Lipinski definition) is 5. The lowest BCUT2D eigenvalue weighted by atomic mass is 10.2. The highest BCUT2D eigenvalue weighted by molar-refractivity contribution is 7.80. The standard InChI is InChI=1S/C20H22FN3O4S/c1-2-3-4-7-12-28-18-9-6-5-8-15(18)19(25)23-20(29)22-17-13-14(24(26)27)10-11-16(17)21/h5-6,8-11,13H,2-4,7,12H2,1H3,(H2,22,23,25,29). The molecule has 0 spiro atoms. The number of rotatable bonds is 9. The van der Waals surface area contributed by atoms with Crippen molar-refractivity contribution in [2.45, 2.75) is 32.6 Å². The molecule has 0 atom stereocenters. The molecule has 0 aliphatic carbocycles. The van der Waals surface area contributed by atoms with Crippen LogP contribution in [-0.4, -0.2) is 22.5 Å². The zero-order chi connectivity index (χ0) is 21.2. The Hall–Kier alpha value is -3.07. The molecule has 1 amide bonds. The largest absolute Gasteiger partial charge is 0.493 e. The van der Waals surface area contributed by atoms with Gasteiger partial charge < -0.3 is 10.1 Å². The Morgan fingerprint density at radius 3 is 2.69 bits per heavy atom. The van der Waals surface area contributed by atoms with Gasteiger partial charge in [0, 0.05) is 12.1 Å². The van der Waals surface area contributed by atoms with Crippen LogP contribution in [0.3, 0.4) is 0 Å². The second-order valence-electron chi connectivity index (χ2n) is 6.23. The van der Waals surface area contributed by atoms with Crippen LogP contribution in [0.5, 0.6) is 5.75 Å². The molecule has 2 N–H and O–H groups in total. The molecular weight excluding hydrogens is 397 g/mol. The Kier molecular flexibility index (Phi) is 8.47. The lowest BCUT2D eigenvalue weighted by molar-refractivity contribution is -0.384. The number of nitrogens with zero attached hydrogens (tertiary/aromatic N) is 1. The summed E-state index contributed by atoms with van der Waals surface area (Å²) in [6.45, 7) is 2.61. The van der Waals surface area contributed by atoms with Crippen molar-refractivity contribution in [2.75, 3.05) is 11.9 Å². The number of para-hydroxylation sites is 1. The molecule has 0 unspecified atom stereocenters. The van der Waals surface area contributed by atoms with Crippen molar-refractivity contribution >= 4 is 34.6 Å². The van der Waals surface area contributed by atoms with Crippen LogP contribution < -0.4 is 15.4 Å².